The molecule has 1 spiro atoms. The molecule has 0 aromatic rings. The number of allylic oxidation sites excluding steroid dienone is 6. The molecule has 114 valence electrons. The Bertz CT molecular complexity index is 682. The van der Waals surface area contributed by atoms with E-state index < -0.39 is 0 Å². The van der Waals surface area contributed by atoms with Crippen LogP contribution in [0.2, 0.25) is 0 Å². The predicted molar refractivity (Wildman–Crippen MR) is 85.8 cm³/mol. The Morgan fingerprint density at radius 2 is 2.14 bits per heavy atom. The van der Waals surface area contributed by atoms with Gasteiger partial charge in [0.2, 0.25) is 0 Å². The Labute approximate surface area is 130 Å². The van der Waals surface area contributed by atoms with Crippen molar-refractivity contribution in [3.05, 3.63) is 47.0 Å². The topological polar surface area (TPSA) is 15.6 Å². The molecular weight excluding hydrogens is 275 g/mol. The number of halogens is 1. The molecule has 0 aromatic heterocycles. The average molecular weight is 296 g/mol. The van der Waals surface area contributed by atoms with Gasteiger partial charge in [0.15, 0.2) is 0 Å². The highest BCUT2D eigenvalue weighted by Crippen LogP contribution is 2.69. The maximum Gasteiger partial charge on any atom is 0.100 e. The molecule has 3 atom stereocenters. The standard InChI is InChI=1S/C19H21FN2/c20-17-3-5-18(6-4-17)22-12-13-7-14(11-21-22)9-19-10-16(19)2-1-15(19)8-13/h3,5,7-8,11,13,16H,1-2,4,6,9-10,12H2. The molecule has 5 rings (SSSR count). The predicted octanol–water partition coefficient (Wildman–Crippen LogP) is 4.49. The monoisotopic (exact) mass is 296 g/mol. The van der Waals surface area contributed by atoms with E-state index >= 15 is 0 Å². The quantitative estimate of drug-likeness (QED) is 0.651. The molecule has 2 bridgehead atoms. The van der Waals surface area contributed by atoms with Crippen molar-refractivity contribution in [1.82, 2.24) is 5.01 Å². The van der Waals surface area contributed by atoms with E-state index in [-0.39, 0.29) is 5.83 Å². The minimum atomic E-state index is -0.0196. The lowest BCUT2D eigenvalue weighted by atomic mass is 9.91. The Morgan fingerprint density at radius 1 is 1.18 bits per heavy atom. The smallest absolute Gasteiger partial charge is 0.100 e. The average Bonchev–Trinajstić information content (AvgIpc) is 3.21. The summed E-state index contributed by atoms with van der Waals surface area (Å²) in [4.78, 5) is 0. The van der Waals surface area contributed by atoms with Crippen molar-refractivity contribution in [3.8, 4) is 0 Å². The first-order chi connectivity index (χ1) is 10.7. The molecule has 4 aliphatic carbocycles. The van der Waals surface area contributed by atoms with E-state index in [1.54, 1.807) is 11.6 Å². The van der Waals surface area contributed by atoms with Crippen LogP contribution >= 0.6 is 0 Å². The highest BCUT2D eigenvalue weighted by atomic mass is 19.1. The zero-order chi connectivity index (χ0) is 14.7. The lowest BCUT2D eigenvalue weighted by molar-refractivity contribution is 0.331. The highest BCUT2D eigenvalue weighted by molar-refractivity contribution is 5.79. The van der Waals surface area contributed by atoms with Crippen molar-refractivity contribution >= 4 is 6.21 Å². The molecule has 1 aliphatic heterocycles. The molecule has 0 N–H and O–H groups in total. The van der Waals surface area contributed by atoms with Gasteiger partial charge in [0.1, 0.15) is 5.83 Å². The molecule has 2 nitrogen and oxygen atoms in total. The van der Waals surface area contributed by atoms with Crippen molar-refractivity contribution in [2.45, 2.75) is 38.5 Å². The molecule has 2 saturated carbocycles. The van der Waals surface area contributed by atoms with Crippen LogP contribution in [0.25, 0.3) is 0 Å². The van der Waals surface area contributed by atoms with Gasteiger partial charge in [0.25, 0.3) is 0 Å². The number of hydrogen-bond acceptors (Lipinski definition) is 2. The van der Waals surface area contributed by atoms with Crippen LogP contribution < -0.4 is 0 Å². The highest BCUT2D eigenvalue weighted by Gasteiger charge is 2.60. The van der Waals surface area contributed by atoms with Crippen LogP contribution in [0.15, 0.2) is 52.1 Å². The van der Waals surface area contributed by atoms with Crippen LogP contribution in [0.5, 0.6) is 0 Å². The zero-order valence-electron chi connectivity index (χ0n) is 12.8. The largest absolute Gasteiger partial charge is 0.269 e. The third-order valence-corrected chi connectivity index (χ3v) is 6.15. The third-order valence-electron chi connectivity index (χ3n) is 6.15. The Balaban J connectivity index is 1.45. The number of hydrogen-bond donors (Lipinski definition) is 0. The molecular formula is C19H21FN2. The molecule has 22 heavy (non-hydrogen) atoms. The Kier molecular flexibility index (Phi) is 2.59. The van der Waals surface area contributed by atoms with E-state index in [4.69, 9.17) is 5.10 Å². The summed E-state index contributed by atoms with van der Waals surface area (Å²) >= 11 is 0. The molecule has 0 radical (unpaired) electrons. The number of fused-ring (bicyclic) bond motifs is 1. The zero-order valence-corrected chi connectivity index (χ0v) is 12.8. The Hall–Kier alpha value is -1.64. The van der Waals surface area contributed by atoms with Crippen molar-refractivity contribution < 1.29 is 4.39 Å². The summed E-state index contributed by atoms with van der Waals surface area (Å²) in [5, 5.41) is 6.80. The van der Waals surface area contributed by atoms with Gasteiger partial charge in [0, 0.05) is 18.0 Å². The summed E-state index contributed by atoms with van der Waals surface area (Å²) in [6.07, 6.45) is 17.0. The minimum absolute atomic E-state index is 0.0196. The van der Waals surface area contributed by atoms with Gasteiger partial charge in [-0.3, -0.25) is 5.01 Å². The summed E-state index contributed by atoms with van der Waals surface area (Å²) < 4.78 is 13.2. The summed E-state index contributed by atoms with van der Waals surface area (Å²) in [6.45, 7) is 0.894. The SMILES string of the molecule is FC1=CC=C(N2CC3C=C(C=N2)CC24CC2CCC4=C3)CC1. The fourth-order valence-corrected chi connectivity index (χ4v) is 4.91. The lowest BCUT2D eigenvalue weighted by Crippen LogP contribution is -2.23. The van der Waals surface area contributed by atoms with Crippen molar-refractivity contribution in [2.75, 3.05) is 6.54 Å². The molecule has 3 unspecified atom stereocenters. The van der Waals surface area contributed by atoms with Crippen molar-refractivity contribution in [3.63, 3.8) is 0 Å². The van der Waals surface area contributed by atoms with Crippen molar-refractivity contribution in [1.29, 1.82) is 0 Å². The van der Waals surface area contributed by atoms with E-state index in [1.807, 2.05) is 6.08 Å². The van der Waals surface area contributed by atoms with Crippen LogP contribution in [0.1, 0.15) is 38.5 Å². The summed E-state index contributed by atoms with van der Waals surface area (Å²) in [6, 6.07) is 0. The second-order valence-corrected chi connectivity index (χ2v) is 7.47. The van der Waals surface area contributed by atoms with Gasteiger partial charge in [-0.2, -0.15) is 5.10 Å². The van der Waals surface area contributed by atoms with Gasteiger partial charge in [-0.15, -0.1) is 0 Å². The van der Waals surface area contributed by atoms with E-state index in [2.05, 4.69) is 23.4 Å². The fraction of sp³-hybridized carbons (Fsp3) is 0.526. The van der Waals surface area contributed by atoms with E-state index in [9.17, 15) is 4.39 Å². The van der Waals surface area contributed by atoms with Crippen LogP contribution in [0, 0.1) is 17.3 Å². The molecule has 0 amide bonds. The maximum absolute atomic E-state index is 13.2. The third kappa shape index (κ3) is 1.87. The summed E-state index contributed by atoms with van der Waals surface area (Å²) in [5.41, 5.74) is 4.78. The van der Waals surface area contributed by atoms with E-state index in [0.717, 1.165) is 24.6 Å². The minimum Gasteiger partial charge on any atom is -0.269 e. The fourth-order valence-electron chi connectivity index (χ4n) is 4.91. The van der Waals surface area contributed by atoms with Gasteiger partial charge in [0.05, 0.1) is 12.8 Å². The van der Waals surface area contributed by atoms with E-state index in [0.29, 0.717) is 17.8 Å². The molecule has 0 aromatic carbocycles. The molecule has 1 heterocycles. The van der Waals surface area contributed by atoms with Crippen molar-refractivity contribution in [2.24, 2.45) is 22.4 Å². The second kappa shape index (κ2) is 4.43. The molecule has 2 fully saturated rings. The van der Waals surface area contributed by atoms with Gasteiger partial charge in [-0.1, -0.05) is 17.7 Å². The van der Waals surface area contributed by atoms with E-state index in [1.165, 1.54) is 31.3 Å². The van der Waals surface area contributed by atoms with Crippen LogP contribution in [-0.2, 0) is 0 Å². The van der Waals surface area contributed by atoms with Crippen LogP contribution in [-0.4, -0.2) is 17.8 Å². The lowest BCUT2D eigenvalue weighted by Gasteiger charge is -2.25. The Morgan fingerprint density at radius 3 is 2.95 bits per heavy atom. The van der Waals surface area contributed by atoms with Gasteiger partial charge in [-0.05, 0) is 61.2 Å². The number of rotatable bonds is 1. The first-order valence-corrected chi connectivity index (χ1v) is 8.52. The number of hydrazone groups is 1. The van der Waals surface area contributed by atoms with Gasteiger partial charge >= 0.3 is 0 Å². The van der Waals surface area contributed by atoms with Gasteiger partial charge < -0.3 is 0 Å². The molecule has 0 saturated heterocycles. The number of nitrogens with zero attached hydrogens (tertiary/aromatic N) is 2. The van der Waals surface area contributed by atoms with Crippen LogP contribution in [0.3, 0.4) is 0 Å². The first kappa shape index (κ1) is 12.9. The first-order valence-electron chi connectivity index (χ1n) is 8.52. The summed E-state index contributed by atoms with van der Waals surface area (Å²) in [7, 11) is 0. The van der Waals surface area contributed by atoms with Crippen LogP contribution in [0.4, 0.5) is 4.39 Å². The second-order valence-electron chi connectivity index (χ2n) is 7.47. The normalized spacial score (nSPS) is 38.9. The maximum atomic E-state index is 13.2. The molecule has 3 heteroatoms. The molecule has 5 aliphatic rings. The van der Waals surface area contributed by atoms with Gasteiger partial charge in [-0.25, -0.2) is 4.39 Å². The summed E-state index contributed by atoms with van der Waals surface area (Å²) in [5.74, 6) is 1.37.